The van der Waals surface area contributed by atoms with Crippen molar-refractivity contribution < 1.29 is 19.2 Å². The molecule has 0 N–H and O–H groups in total. The van der Waals surface area contributed by atoms with Gasteiger partial charge in [-0.1, -0.05) is 0 Å². The average Bonchev–Trinajstić information content (AvgIpc) is 2.09. The van der Waals surface area contributed by atoms with E-state index in [1.807, 2.05) is 41.5 Å². The van der Waals surface area contributed by atoms with Crippen molar-refractivity contribution in [3.8, 4) is 0 Å². The van der Waals surface area contributed by atoms with Crippen LogP contribution >= 0.6 is 7.77 Å². The molecule has 0 aromatic rings. The number of ether oxygens (including phenoxy) is 2. The van der Waals surface area contributed by atoms with Crippen LogP contribution in [0.15, 0.2) is 0 Å². The van der Waals surface area contributed by atoms with Crippen LogP contribution in [0.4, 0.5) is 0 Å². The first-order valence-corrected chi connectivity index (χ1v) is 7.64. The van der Waals surface area contributed by atoms with E-state index >= 15 is 0 Å². The van der Waals surface area contributed by atoms with Gasteiger partial charge in [-0.15, -0.1) is 0 Å². The zero-order chi connectivity index (χ0) is 14.4. The van der Waals surface area contributed by atoms with Crippen LogP contribution in [0.2, 0.25) is 0 Å². The molecule has 0 aromatic carbocycles. The second-order valence-corrected chi connectivity index (χ2v) is 7.72. The fourth-order valence-electron chi connectivity index (χ4n) is 1.09. The van der Waals surface area contributed by atoms with E-state index in [1.165, 1.54) is 5.80 Å². The third kappa shape index (κ3) is 12.0. The quantitative estimate of drug-likeness (QED) is 0.570. The molecule has 1 unspecified atom stereocenters. The molecular weight excluding hydrogens is 251 g/mol. The van der Waals surface area contributed by atoms with Crippen LogP contribution in [0.3, 0.4) is 0 Å². The minimum absolute atomic E-state index is 0.0853. The Morgan fingerprint density at radius 2 is 1.72 bits per heavy atom. The Hall–Kier alpha value is -0.440. The molecular formula is C13H25O4P. The molecule has 0 spiro atoms. The van der Waals surface area contributed by atoms with Gasteiger partial charge in [0.1, 0.15) is 18.2 Å². The first-order valence-electron chi connectivity index (χ1n) is 6.12. The molecule has 0 aromatic heterocycles. The summed E-state index contributed by atoms with van der Waals surface area (Å²) >= 11 is 0. The first kappa shape index (κ1) is 17.6. The lowest BCUT2D eigenvalue weighted by molar-refractivity contribution is -0.156. The van der Waals surface area contributed by atoms with Gasteiger partial charge in [-0.05, 0) is 41.5 Å². The Morgan fingerprint density at radius 1 is 1.17 bits per heavy atom. The fraction of sp³-hybridized carbons (Fsp3) is 0.846. The van der Waals surface area contributed by atoms with Gasteiger partial charge in [0.25, 0.3) is 0 Å². The van der Waals surface area contributed by atoms with Crippen LogP contribution in [-0.2, 0) is 14.3 Å². The SMILES string of the molecule is CC(C)(C)OCC[P+]([O-])=CCC(=O)OC(C)(C)C. The van der Waals surface area contributed by atoms with E-state index in [1.54, 1.807) is 0 Å². The fourth-order valence-corrected chi connectivity index (χ4v) is 1.90. The van der Waals surface area contributed by atoms with Gasteiger partial charge in [-0.25, -0.2) is 0 Å². The highest BCUT2D eigenvalue weighted by Gasteiger charge is 2.16. The van der Waals surface area contributed by atoms with E-state index in [9.17, 15) is 9.69 Å². The molecule has 0 aliphatic rings. The van der Waals surface area contributed by atoms with Crippen LogP contribution in [0.5, 0.6) is 0 Å². The molecule has 0 rings (SSSR count). The van der Waals surface area contributed by atoms with Crippen molar-refractivity contribution in [2.45, 2.75) is 59.2 Å². The lowest BCUT2D eigenvalue weighted by atomic mass is 10.2. The summed E-state index contributed by atoms with van der Waals surface area (Å²) in [6.45, 7) is 11.7. The van der Waals surface area contributed by atoms with Crippen molar-refractivity contribution in [1.82, 2.24) is 0 Å². The van der Waals surface area contributed by atoms with Gasteiger partial charge in [0.05, 0.1) is 18.0 Å². The summed E-state index contributed by atoms with van der Waals surface area (Å²) in [5.41, 5.74) is -0.715. The van der Waals surface area contributed by atoms with Crippen molar-refractivity contribution >= 4 is 19.5 Å². The highest BCUT2D eigenvalue weighted by molar-refractivity contribution is 7.50. The van der Waals surface area contributed by atoms with Crippen LogP contribution in [-0.4, -0.2) is 35.7 Å². The molecule has 0 aliphatic carbocycles. The van der Waals surface area contributed by atoms with E-state index in [-0.39, 0.29) is 18.0 Å². The number of carbonyl (C=O) groups is 1. The van der Waals surface area contributed by atoms with Crippen molar-refractivity contribution in [2.24, 2.45) is 0 Å². The summed E-state index contributed by atoms with van der Waals surface area (Å²) < 4.78 is 10.6. The summed E-state index contributed by atoms with van der Waals surface area (Å²) in [5.74, 6) is 1.16. The minimum Gasteiger partial charge on any atom is -0.631 e. The maximum atomic E-state index is 11.6. The molecule has 5 heteroatoms. The molecule has 0 amide bonds. The van der Waals surface area contributed by atoms with Gasteiger partial charge in [0.15, 0.2) is 0 Å². The van der Waals surface area contributed by atoms with Gasteiger partial charge >= 0.3 is 5.97 Å². The zero-order valence-corrected chi connectivity index (χ0v) is 13.2. The van der Waals surface area contributed by atoms with Crippen LogP contribution in [0.25, 0.3) is 0 Å². The standard InChI is InChI=1S/C13H25O4P/c1-12(2,3)16-8-10-18(15)9-7-11(14)17-13(4,5)6/h9H,7-8,10H2,1-6H3. The van der Waals surface area contributed by atoms with Gasteiger partial charge in [0.2, 0.25) is 0 Å². The largest absolute Gasteiger partial charge is 0.631 e. The summed E-state index contributed by atoms with van der Waals surface area (Å²) in [5, 5.41) is 0. The predicted molar refractivity (Wildman–Crippen MR) is 74.0 cm³/mol. The summed E-state index contributed by atoms with van der Waals surface area (Å²) in [6, 6.07) is 0. The van der Waals surface area contributed by atoms with Crippen LogP contribution < -0.4 is 4.89 Å². The number of carbonyl (C=O) groups excluding carboxylic acids is 1. The second-order valence-electron chi connectivity index (χ2n) is 6.07. The lowest BCUT2D eigenvalue weighted by Gasteiger charge is -2.19. The van der Waals surface area contributed by atoms with E-state index < -0.39 is 13.4 Å². The smallest absolute Gasteiger partial charge is 0.314 e. The maximum Gasteiger partial charge on any atom is 0.314 e. The number of hydrogen-bond donors (Lipinski definition) is 0. The van der Waals surface area contributed by atoms with Gasteiger partial charge in [0, 0.05) is 7.77 Å². The Morgan fingerprint density at radius 3 is 2.17 bits per heavy atom. The van der Waals surface area contributed by atoms with Crippen molar-refractivity contribution in [2.75, 3.05) is 12.8 Å². The van der Waals surface area contributed by atoms with Crippen LogP contribution in [0.1, 0.15) is 48.0 Å². The van der Waals surface area contributed by atoms with Gasteiger partial charge < -0.3 is 14.4 Å². The molecule has 0 saturated carbocycles. The lowest BCUT2D eigenvalue weighted by Crippen LogP contribution is -2.24. The predicted octanol–water partition coefficient (Wildman–Crippen LogP) is 2.09. The molecule has 0 fully saturated rings. The normalized spacial score (nSPS) is 13.6. The molecule has 0 heterocycles. The van der Waals surface area contributed by atoms with E-state index in [0.29, 0.717) is 12.8 Å². The molecule has 0 saturated heterocycles. The molecule has 106 valence electrons. The Bertz CT molecular complexity index is 297. The second kappa shape index (κ2) is 7.22. The average molecular weight is 276 g/mol. The van der Waals surface area contributed by atoms with Crippen LogP contribution in [0, 0.1) is 0 Å². The van der Waals surface area contributed by atoms with Crippen molar-refractivity contribution in [3.63, 3.8) is 0 Å². The third-order valence-corrected chi connectivity index (χ3v) is 2.94. The van der Waals surface area contributed by atoms with Gasteiger partial charge in [-0.2, -0.15) is 0 Å². The van der Waals surface area contributed by atoms with E-state index in [4.69, 9.17) is 9.47 Å². The summed E-state index contributed by atoms with van der Waals surface area (Å²) in [7, 11) is -1.51. The minimum atomic E-state index is -1.51. The molecule has 18 heavy (non-hydrogen) atoms. The molecule has 0 bridgehead atoms. The van der Waals surface area contributed by atoms with Gasteiger partial charge in [-0.3, -0.25) is 4.79 Å². The molecule has 4 nitrogen and oxygen atoms in total. The Balaban J connectivity index is 3.94. The zero-order valence-electron chi connectivity index (χ0n) is 12.3. The molecule has 1 atom stereocenters. The maximum absolute atomic E-state index is 11.6. The van der Waals surface area contributed by atoms with E-state index in [2.05, 4.69) is 0 Å². The van der Waals surface area contributed by atoms with E-state index in [0.717, 1.165) is 0 Å². The highest BCUT2D eigenvalue weighted by Crippen LogP contribution is 2.14. The number of esters is 1. The van der Waals surface area contributed by atoms with Crippen molar-refractivity contribution in [3.05, 3.63) is 0 Å². The summed E-state index contributed by atoms with van der Waals surface area (Å²) in [6.07, 6.45) is 0.525. The Kier molecular flexibility index (Phi) is 7.05. The monoisotopic (exact) mass is 276 g/mol. The summed E-state index contributed by atoms with van der Waals surface area (Å²) in [4.78, 5) is 23.0. The number of rotatable bonds is 5. The topological polar surface area (TPSA) is 58.6 Å². The highest BCUT2D eigenvalue weighted by atomic mass is 31.1. The number of hydrogen-bond acceptors (Lipinski definition) is 4. The third-order valence-electron chi connectivity index (χ3n) is 1.73. The van der Waals surface area contributed by atoms with Crippen molar-refractivity contribution in [1.29, 1.82) is 0 Å². The molecule has 0 aliphatic heterocycles. The first-order chi connectivity index (χ1) is 7.99. The molecule has 0 radical (unpaired) electrons. The Labute approximate surface area is 111 Å².